The van der Waals surface area contributed by atoms with Crippen LogP contribution in [0.4, 0.5) is 13.2 Å². The zero-order valence-corrected chi connectivity index (χ0v) is 10.6. The van der Waals surface area contributed by atoms with E-state index in [0.29, 0.717) is 12.8 Å². The molecule has 0 radical (unpaired) electrons. The van der Waals surface area contributed by atoms with Crippen molar-refractivity contribution in [2.75, 3.05) is 0 Å². The summed E-state index contributed by atoms with van der Waals surface area (Å²) in [4.78, 5) is 0. The van der Waals surface area contributed by atoms with Crippen molar-refractivity contribution >= 4 is 0 Å². The zero-order valence-electron chi connectivity index (χ0n) is 10.6. The lowest BCUT2D eigenvalue weighted by Gasteiger charge is -2.49. The van der Waals surface area contributed by atoms with Crippen molar-refractivity contribution in [1.29, 1.82) is 0 Å². The van der Waals surface area contributed by atoms with Crippen LogP contribution in [0.2, 0.25) is 0 Å². The van der Waals surface area contributed by atoms with Gasteiger partial charge in [-0.25, -0.2) is 0 Å². The molecule has 1 atom stereocenters. The van der Waals surface area contributed by atoms with Crippen molar-refractivity contribution < 1.29 is 13.2 Å². The topological polar surface area (TPSA) is 0 Å². The summed E-state index contributed by atoms with van der Waals surface area (Å²) < 4.78 is 39.7. The molecule has 0 amide bonds. The number of halogens is 3. The van der Waals surface area contributed by atoms with E-state index in [4.69, 9.17) is 0 Å². The van der Waals surface area contributed by atoms with Crippen LogP contribution < -0.4 is 0 Å². The standard InChI is InChI=1S/C12H23F3/c1-7-10(5,8-2)11(6,9(3)4)12(13,14)15/h9H,7-8H2,1-6H3/t11-/m0/s1. The molecule has 0 nitrogen and oxygen atoms in total. The van der Waals surface area contributed by atoms with E-state index in [0.717, 1.165) is 0 Å². The van der Waals surface area contributed by atoms with Crippen molar-refractivity contribution in [2.45, 2.75) is 60.6 Å². The quantitative estimate of drug-likeness (QED) is 0.627. The Morgan fingerprint density at radius 2 is 1.27 bits per heavy atom. The van der Waals surface area contributed by atoms with E-state index in [1.54, 1.807) is 20.8 Å². The first-order chi connectivity index (χ1) is 6.56. The molecule has 0 heterocycles. The maximum absolute atomic E-state index is 13.2. The Kier molecular flexibility index (Phi) is 4.28. The van der Waals surface area contributed by atoms with Crippen LogP contribution >= 0.6 is 0 Å². The molecule has 0 aliphatic rings. The minimum atomic E-state index is -4.14. The van der Waals surface area contributed by atoms with Gasteiger partial charge in [0.1, 0.15) is 0 Å². The molecular formula is C12H23F3. The van der Waals surface area contributed by atoms with E-state index in [9.17, 15) is 13.2 Å². The second kappa shape index (κ2) is 4.34. The van der Waals surface area contributed by atoms with E-state index in [-0.39, 0.29) is 0 Å². The minimum Gasteiger partial charge on any atom is -0.170 e. The number of hydrogen-bond acceptors (Lipinski definition) is 0. The number of rotatable bonds is 4. The average molecular weight is 224 g/mol. The van der Waals surface area contributed by atoms with Gasteiger partial charge in [-0.1, -0.05) is 41.5 Å². The summed E-state index contributed by atoms with van der Waals surface area (Å²) in [5, 5.41) is 0. The smallest absolute Gasteiger partial charge is 0.170 e. The molecule has 0 aromatic rings. The third-order valence-electron chi connectivity index (χ3n) is 4.56. The van der Waals surface area contributed by atoms with E-state index in [1.807, 2.05) is 13.8 Å². The van der Waals surface area contributed by atoms with Crippen LogP contribution in [0.15, 0.2) is 0 Å². The molecule has 0 unspecified atom stereocenters. The third kappa shape index (κ3) is 2.16. The molecule has 0 saturated heterocycles. The Morgan fingerprint density at radius 3 is 1.33 bits per heavy atom. The Morgan fingerprint density at radius 1 is 0.933 bits per heavy atom. The number of hydrogen-bond donors (Lipinski definition) is 0. The summed E-state index contributed by atoms with van der Waals surface area (Å²) in [6.07, 6.45) is -3.03. The SMILES string of the molecule is CCC(C)(CC)[C@](C)(C(C)C)C(F)(F)F. The van der Waals surface area contributed by atoms with Crippen molar-refractivity contribution in [1.82, 2.24) is 0 Å². The first-order valence-electron chi connectivity index (χ1n) is 5.63. The minimum absolute atomic E-state index is 0.401. The van der Waals surface area contributed by atoms with Crippen LogP contribution in [0.25, 0.3) is 0 Å². The fourth-order valence-electron chi connectivity index (χ4n) is 2.35. The monoisotopic (exact) mass is 224 g/mol. The first-order valence-corrected chi connectivity index (χ1v) is 5.63. The van der Waals surface area contributed by atoms with Crippen molar-refractivity contribution in [3.8, 4) is 0 Å². The summed E-state index contributed by atoms with van der Waals surface area (Å²) in [6, 6.07) is 0. The van der Waals surface area contributed by atoms with Gasteiger partial charge >= 0.3 is 6.18 Å². The van der Waals surface area contributed by atoms with Crippen LogP contribution in [-0.4, -0.2) is 6.18 Å². The predicted octanol–water partition coefficient (Wildman–Crippen LogP) is 5.04. The van der Waals surface area contributed by atoms with Gasteiger partial charge in [0.25, 0.3) is 0 Å². The fraction of sp³-hybridized carbons (Fsp3) is 1.00. The molecule has 0 bridgehead atoms. The second-order valence-electron chi connectivity index (χ2n) is 5.12. The Labute approximate surface area is 91.3 Å². The van der Waals surface area contributed by atoms with Gasteiger partial charge in [0.15, 0.2) is 0 Å². The highest BCUT2D eigenvalue weighted by Gasteiger charge is 2.61. The largest absolute Gasteiger partial charge is 0.395 e. The van der Waals surface area contributed by atoms with Gasteiger partial charge in [0.05, 0.1) is 5.41 Å². The molecule has 92 valence electrons. The maximum atomic E-state index is 13.2. The van der Waals surface area contributed by atoms with E-state index >= 15 is 0 Å². The van der Waals surface area contributed by atoms with E-state index in [2.05, 4.69) is 0 Å². The molecular weight excluding hydrogens is 201 g/mol. The summed E-state index contributed by atoms with van der Waals surface area (Å²) in [5.74, 6) is -0.401. The number of alkyl halides is 3. The molecule has 0 aromatic heterocycles. The molecule has 0 aliphatic carbocycles. The van der Waals surface area contributed by atoms with Gasteiger partial charge in [-0.15, -0.1) is 0 Å². The van der Waals surface area contributed by atoms with Gasteiger partial charge in [-0.2, -0.15) is 13.2 Å². The van der Waals surface area contributed by atoms with Crippen LogP contribution in [0.3, 0.4) is 0 Å². The normalized spacial score (nSPS) is 18.0. The summed E-state index contributed by atoms with van der Waals surface area (Å²) in [6.45, 7) is 10.1. The highest BCUT2D eigenvalue weighted by Crippen LogP contribution is 2.58. The zero-order chi connectivity index (χ0) is 12.5. The Hall–Kier alpha value is -0.210. The summed E-state index contributed by atoms with van der Waals surface area (Å²) in [5.41, 5.74) is -2.29. The molecule has 0 spiro atoms. The van der Waals surface area contributed by atoms with Gasteiger partial charge in [-0.3, -0.25) is 0 Å². The molecule has 0 saturated carbocycles. The molecule has 0 aromatic carbocycles. The highest BCUT2D eigenvalue weighted by atomic mass is 19.4. The Balaban J connectivity index is 5.48. The third-order valence-corrected chi connectivity index (χ3v) is 4.56. The van der Waals surface area contributed by atoms with E-state index < -0.39 is 22.9 Å². The van der Waals surface area contributed by atoms with Crippen LogP contribution in [0.1, 0.15) is 54.4 Å². The molecule has 15 heavy (non-hydrogen) atoms. The molecule has 0 aliphatic heterocycles. The fourth-order valence-corrected chi connectivity index (χ4v) is 2.35. The van der Waals surface area contributed by atoms with Crippen LogP contribution in [0.5, 0.6) is 0 Å². The lowest BCUT2D eigenvalue weighted by Crippen LogP contribution is -2.51. The van der Waals surface area contributed by atoms with Gasteiger partial charge in [0, 0.05) is 0 Å². The predicted molar refractivity (Wildman–Crippen MR) is 57.7 cm³/mol. The molecule has 0 N–H and O–H groups in total. The van der Waals surface area contributed by atoms with Crippen LogP contribution in [0, 0.1) is 16.7 Å². The summed E-state index contributed by atoms with van der Waals surface area (Å²) >= 11 is 0. The lowest BCUT2D eigenvalue weighted by molar-refractivity contribution is -0.274. The van der Waals surface area contributed by atoms with Gasteiger partial charge in [-0.05, 0) is 24.2 Å². The average Bonchev–Trinajstić information content (AvgIpc) is 2.13. The maximum Gasteiger partial charge on any atom is 0.395 e. The second-order valence-corrected chi connectivity index (χ2v) is 5.12. The summed E-state index contributed by atoms with van der Waals surface area (Å²) in [7, 11) is 0. The Bertz CT molecular complexity index is 201. The highest BCUT2D eigenvalue weighted by molar-refractivity contribution is 4.97. The lowest BCUT2D eigenvalue weighted by atomic mass is 9.57. The van der Waals surface area contributed by atoms with Crippen LogP contribution in [-0.2, 0) is 0 Å². The van der Waals surface area contributed by atoms with Gasteiger partial charge in [0.2, 0.25) is 0 Å². The molecule has 3 heteroatoms. The molecule has 0 fully saturated rings. The van der Waals surface area contributed by atoms with Crippen molar-refractivity contribution in [3.05, 3.63) is 0 Å². The van der Waals surface area contributed by atoms with E-state index in [1.165, 1.54) is 6.92 Å². The van der Waals surface area contributed by atoms with Gasteiger partial charge < -0.3 is 0 Å². The van der Waals surface area contributed by atoms with Crippen molar-refractivity contribution in [3.63, 3.8) is 0 Å². The van der Waals surface area contributed by atoms with Crippen molar-refractivity contribution in [2.24, 2.45) is 16.7 Å². The molecule has 0 rings (SSSR count). The first kappa shape index (κ1) is 14.8.